The van der Waals surface area contributed by atoms with Crippen LogP contribution in [-0.4, -0.2) is 20.7 Å². The van der Waals surface area contributed by atoms with Crippen LogP contribution in [0.2, 0.25) is 0 Å². The topological polar surface area (TPSA) is 79.2 Å². The number of hydroxylamine groups is 1. The van der Waals surface area contributed by atoms with Gasteiger partial charge in [0.15, 0.2) is 0 Å². The van der Waals surface area contributed by atoms with E-state index in [9.17, 15) is 4.79 Å². The van der Waals surface area contributed by atoms with Crippen LogP contribution in [0, 0.1) is 6.92 Å². The van der Waals surface area contributed by atoms with Gasteiger partial charge in [0, 0.05) is 18.3 Å². The maximum atomic E-state index is 11.6. The summed E-state index contributed by atoms with van der Waals surface area (Å²) in [5.74, 6) is 0.109. The second-order valence-electron chi connectivity index (χ2n) is 6.66. The van der Waals surface area contributed by atoms with Crippen molar-refractivity contribution in [1.82, 2.24) is 15.0 Å². The van der Waals surface area contributed by atoms with E-state index in [0.717, 1.165) is 16.6 Å². The maximum Gasteiger partial charge on any atom is 0.274 e. The predicted octanol–water partition coefficient (Wildman–Crippen LogP) is 4.41. The highest BCUT2D eigenvalue weighted by Crippen LogP contribution is 2.30. The average Bonchev–Trinajstić information content (AvgIpc) is 3.02. The Kier molecular flexibility index (Phi) is 4.55. The molecule has 1 aromatic heterocycles. The van der Waals surface area contributed by atoms with Crippen molar-refractivity contribution in [3.05, 3.63) is 77.9 Å². The predicted molar refractivity (Wildman–Crippen MR) is 110 cm³/mol. The summed E-state index contributed by atoms with van der Waals surface area (Å²) in [6, 6.07) is 21.4. The van der Waals surface area contributed by atoms with Gasteiger partial charge in [-0.2, -0.15) is 0 Å². The van der Waals surface area contributed by atoms with E-state index in [1.54, 1.807) is 23.7 Å². The fourth-order valence-corrected chi connectivity index (χ4v) is 3.32. The van der Waals surface area contributed by atoms with Crippen LogP contribution in [-0.2, 0) is 7.05 Å². The van der Waals surface area contributed by atoms with E-state index in [4.69, 9.17) is 10.2 Å². The number of aryl methyl sites for hydroxylation is 2. The molecule has 140 valence electrons. The van der Waals surface area contributed by atoms with Crippen molar-refractivity contribution in [2.45, 2.75) is 6.92 Å². The van der Waals surface area contributed by atoms with Gasteiger partial charge in [-0.05, 0) is 53.9 Å². The normalized spacial score (nSPS) is 10.8. The Morgan fingerprint density at radius 3 is 2.57 bits per heavy atom. The van der Waals surface area contributed by atoms with Gasteiger partial charge in [0.25, 0.3) is 5.91 Å². The molecule has 6 heteroatoms. The number of nitrogens with one attached hydrogen (secondary N) is 2. The average molecular weight is 372 g/mol. The van der Waals surface area contributed by atoms with E-state index < -0.39 is 5.91 Å². The number of nitrogens with zero attached hydrogens (tertiary/aromatic N) is 2. The first-order valence-corrected chi connectivity index (χ1v) is 8.91. The van der Waals surface area contributed by atoms with Crippen molar-refractivity contribution >= 4 is 28.6 Å². The molecule has 0 saturated heterocycles. The molecule has 4 aromatic rings. The number of imidazole rings is 1. The van der Waals surface area contributed by atoms with Crippen LogP contribution in [0.25, 0.3) is 22.2 Å². The summed E-state index contributed by atoms with van der Waals surface area (Å²) in [5, 5.41) is 12.1. The van der Waals surface area contributed by atoms with E-state index in [0.29, 0.717) is 17.2 Å². The van der Waals surface area contributed by atoms with Gasteiger partial charge in [0.2, 0.25) is 5.95 Å². The summed E-state index contributed by atoms with van der Waals surface area (Å²) in [5.41, 5.74) is 8.11. The number of aromatic nitrogens is 2. The SMILES string of the molecule is Cc1cc2nc(Nc3cccc(C(=O)NO)c3)n(C)c2cc1-c1ccccc1. The lowest BCUT2D eigenvalue weighted by molar-refractivity contribution is 0.0706. The van der Waals surface area contributed by atoms with Gasteiger partial charge >= 0.3 is 0 Å². The van der Waals surface area contributed by atoms with Gasteiger partial charge in [-0.25, -0.2) is 10.5 Å². The molecule has 3 aromatic carbocycles. The molecule has 0 aliphatic heterocycles. The van der Waals surface area contributed by atoms with E-state index in [1.807, 2.05) is 35.9 Å². The van der Waals surface area contributed by atoms with Crippen LogP contribution in [0.3, 0.4) is 0 Å². The molecule has 1 heterocycles. The van der Waals surface area contributed by atoms with Crippen LogP contribution >= 0.6 is 0 Å². The molecule has 0 fully saturated rings. The first kappa shape index (κ1) is 17.8. The van der Waals surface area contributed by atoms with E-state index in [1.165, 1.54) is 11.1 Å². The summed E-state index contributed by atoms with van der Waals surface area (Å²) in [6.45, 7) is 2.08. The molecular formula is C22H20N4O2. The number of anilines is 2. The standard InChI is InChI=1S/C22H20N4O2/c1-14-11-19-20(13-18(14)15-7-4-3-5-8-15)26(2)22(24-19)23-17-10-6-9-16(12-17)21(27)25-28/h3-13,28H,1-2H3,(H,23,24)(H,25,27). The monoisotopic (exact) mass is 372 g/mol. The molecule has 28 heavy (non-hydrogen) atoms. The molecule has 0 saturated carbocycles. The summed E-state index contributed by atoms with van der Waals surface area (Å²) in [7, 11) is 1.95. The summed E-state index contributed by atoms with van der Waals surface area (Å²) < 4.78 is 1.99. The minimum Gasteiger partial charge on any atom is -0.326 e. The number of benzene rings is 3. The van der Waals surface area contributed by atoms with Crippen molar-refractivity contribution in [2.75, 3.05) is 5.32 Å². The summed E-state index contributed by atoms with van der Waals surface area (Å²) >= 11 is 0. The van der Waals surface area contributed by atoms with Crippen LogP contribution in [0.15, 0.2) is 66.7 Å². The van der Waals surface area contributed by atoms with Crippen LogP contribution in [0.1, 0.15) is 15.9 Å². The van der Waals surface area contributed by atoms with Crippen LogP contribution < -0.4 is 10.8 Å². The fraction of sp³-hybridized carbons (Fsp3) is 0.0909. The third-order valence-corrected chi connectivity index (χ3v) is 4.79. The Labute approximate surface area is 162 Å². The first-order chi connectivity index (χ1) is 13.6. The molecule has 0 spiro atoms. The second-order valence-corrected chi connectivity index (χ2v) is 6.66. The number of fused-ring (bicyclic) bond motifs is 1. The van der Waals surface area contributed by atoms with Crippen molar-refractivity contribution in [3.63, 3.8) is 0 Å². The molecule has 0 radical (unpaired) electrons. The smallest absolute Gasteiger partial charge is 0.274 e. The Morgan fingerprint density at radius 1 is 1.04 bits per heavy atom. The molecule has 0 bridgehead atoms. The quantitative estimate of drug-likeness (QED) is 0.366. The van der Waals surface area contributed by atoms with Gasteiger partial charge in [-0.3, -0.25) is 10.0 Å². The first-order valence-electron chi connectivity index (χ1n) is 8.91. The molecular weight excluding hydrogens is 352 g/mol. The molecule has 3 N–H and O–H groups in total. The Morgan fingerprint density at radius 2 is 1.82 bits per heavy atom. The molecule has 4 rings (SSSR count). The lowest BCUT2D eigenvalue weighted by Crippen LogP contribution is -2.18. The van der Waals surface area contributed by atoms with Crippen LogP contribution in [0.5, 0.6) is 0 Å². The molecule has 0 aliphatic carbocycles. The van der Waals surface area contributed by atoms with Crippen LogP contribution in [0.4, 0.5) is 11.6 Å². The number of carbonyl (C=O) groups excluding carboxylic acids is 1. The zero-order valence-corrected chi connectivity index (χ0v) is 15.6. The van der Waals surface area contributed by atoms with E-state index in [-0.39, 0.29) is 0 Å². The number of hydrogen-bond acceptors (Lipinski definition) is 4. The highest BCUT2D eigenvalue weighted by molar-refractivity contribution is 5.94. The van der Waals surface area contributed by atoms with Crippen molar-refractivity contribution in [1.29, 1.82) is 0 Å². The fourth-order valence-electron chi connectivity index (χ4n) is 3.32. The van der Waals surface area contributed by atoms with E-state index in [2.05, 4.69) is 36.5 Å². The van der Waals surface area contributed by atoms with Crippen molar-refractivity contribution < 1.29 is 10.0 Å². The highest BCUT2D eigenvalue weighted by atomic mass is 16.5. The molecule has 1 amide bonds. The molecule has 0 atom stereocenters. The van der Waals surface area contributed by atoms with Crippen molar-refractivity contribution in [3.8, 4) is 11.1 Å². The molecule has 6 nitrogen and oxygen atoms in total. The van der Waals surface area contributed by atoms with Crippen molar-refractivity contribution in [2.24, 2.45) is 7.05 Å². The van der Waals surface area contributed by atoms with Gasteiger partial charge in [0.05, 0.1) is 11.0 Å². The minimum absolute atomic E-state index is 0.355. The number of hydrogen-bond donors (Lipinski definition) is 3. The molecule has 0 aliphatic rings. The highest BCUT2D eigenvalue weighted by Gasteiger charge is 2.12. The zero-order chi connectivity index (χ0) is 19.7. The largest absolute Gasteiger partial charge is 0.326 e. The molecule has 0 unspecified atom stereocenters. The number of amides is 1. The number of rotatable bonds is 4. The minimum atomic E-state index is -0.559. The second kappa shape index (κ2) is 7.17. The summed E-state index contributed by atoms with van der Waals surface area (Å²) in [6.07, 6.45) is 0. The lowest BCUT2D eigenvalue weighted by Gasteiger charge is -2.09. The van der Waals surface area contributed by atoms with Gasteiger partial charge < -0.3 is 9.88 Å². The maximum absolute atomic E-state index is 11.6. The third-order valence-electron chi connectivity index (χ3n) is 4.79. The van der Waals surface area contributed by atoms with Gasteiger partial charge in [-0.15, -0.1) is 0 Å². The van der Waals surface area contributed by atoms with Gasteiger partial charge in [0.1, 0.15) is 0 Å². The lowest BCUT2D eigenvalue weighted by atomic mass is 10.00. The third kappa shape index (κ3) is 3.21. The Hall–Kier alpha value is -3.64. The summed E-state index contributed by atoms with van der Waals surface area (Å²) in [4.78, 5) is 16.3. The van der Waals surface area contributed by atoms with Gasteiger partial charge in [-0.1, -0.05) is 36.4 Å². The Balaban J connectivity index is 1.73. The Bertz CT molecular complexity index is 1170. The number of carbonyl (C=O) groups is 1. The zero-order valence-electron chi connectivity index (χ0n) is 15.6. The van der Waals surface area contributed by atoms with E-state index >= 15 is 0 Å².